The Balaban J connectivity index is 2.44. The largest absolute Gasteiger partial charge is 0.494 e. The quantitative estimate of drug-likeness (QED) is 0.713. The molecule has 0 aliphatic heterocycles. The first kappa shape index (κ1) is 13.5. The fourth-order valence-corrected chi connectivity index (χ4v) is 1.48. The number of anilines is 1. The number of rotatable bonds is 7. The first-order chi connectivity index (χ1) is 8.26. The van der Waals surface area contributed by atoms with E-state index in [-0.39, 0.29) is 5.91 Å². The van der Waals surface area contributed by atoms with Gasteiger partial charge in [-0.1, -0.05) is 6.07 Å². The standard InChI is InChI=1S/C13H20N2O2/c1-2-17-12-7-5-6-11(10-12)15-13(16)8-3-4-9-14/h5-7,10H,2-4,8-9,14H2,1H3,(H,15,16). The summed E-state index contributed by atoms with van der Waals surface area (Å²) in [7, 11) is 0. The highest BCUT2D eigenvalue weighted by atomic mass is 16.5. The molecule has 4 heteroatoms. The number of unbranched alkanes of at least 4 members (excludes halogenated alkanes) is 1. The van der Waals surface area contributed by atoms with Crippen LogP contribution < -0.4 is 15.8 Å². The van der Waals surface area contributed by atoms with Crippen LogP contribution in [0.2, 0.25) is 0 Å². The van der Waals surface area contributed by atoms with Crippen LogP contribution in [0.15, 0.2) is 24.3 Å². The molecule has 0 saturated heterocycles. The molecular weight excluding hydrogens is 216 g/mol. The van der Waals surface area contributed by atoms with Gasteiger partial charge in [0.05, 0.1) is 6.61 Å². The Labute approximate surface area is 102 Å². The molecule has 1 rings (SSSR count). The zero-order chi connectivity index (χ0) is 12.5. The Bertz CT molecular complexity index is 353. The maximum absolute atomic E-state index is 11.6. The molecule has 4 nitrogen and oxygen atoms in total. The average Bonchev–Trinajstić information content (AvgIpc) is 2.30. The zero-order valence-corrected chi connectivity index (χ0v) is 10.2. The van der Waals surface area contributed by atoms with Gasteiger partial charge in [-0.05, 0) is 38.4 Å². The summed E-state index contributed by atoms with van der Waals surface area (Å²) in [5, 5.41) is 2.84. The van der Waals surface area contributed by atoms with E-state index in [4.69, 9.17) is 10.5 Å². The normalized spacial score (nSPS) is 10.0. The summed E-state index contributed by atoms with van der Waals surface area (Å²) in [5.74, 6) is 0.791. The molecule has 94 valence electrons. The number of ether oxygens (including phenoxy) is 1. The third-order valence-corrected chi connectivity index (χ3v) is 2.29. The van der Waals surface area contributed by atoms with Gasteiger partial charge >= 0.3 is 0 Å². The van der Waals surface area contributed by atoms with Gasteiger partial charge in [0, 0.05) is 18.2 Å². The van der Waals surface area contributed by atoms with Crippen LogP contribution in [-0.2, 0) is 4.79 Å². The lowest BCUT2D eigenvalue weighted by Gasteiger charge is -2.07. The highest BCUT2D eigenvalue weighted by Crippen LogP contribution is 2.17. The number of nitrogens with one attached hydrogen (secondary N) is 1. The number of carbonyl (C=O) groups is 1. The van der Waals surface area contributed by atoms with Crippen LogP contribution in [0.3, 0.4) is 0 Å². The molecule has 17 heavy (non-hydrogen) atoms. The van der Waals surface area contributed by atoms with E-state index < -0.39 is 0 Å². The number of hydrogen-bond acceptors (Lipinski definition) is 3. The monoisotopic (exact) mass is 236 g/mol. The lowest BCUT2D eigenvalue weighted by Crippen LogP contribution is -2.12. The van der Waals surface area contributed by atoms with Crippen molar-refractivity contribution < 1.29 is 9.53 Å². The second-order valence-electron chi connectivity index (χ2n) is 3.75. The lowest BCUT2D eigenvalue weighted by atomic mass is 10.2. The Hall–Kier alpha value is -1.55. The fraction of sp³-hybridized carbons (Fsp3) is 0.462. The maximum atomic E-state index is 11.6. The highest BCUT2D eigenvalue weighted by Gasteiger charge is 2.02. The Morgan fingerprint density at radius 2 is 2.24 bits per heavy atom. The maximum Gasteiger partial charge on any atom is 0.224 e. The van der Waals surface area contributed by atoms with Crippen molar-refractivity contribution in [3.63, 3.8) is 0 Å². The molecule has 0 atom stereocenters. The number of carbonyl (C=O) groups excluding carboxylic acids is 1. The molecule has 1 aromatic carbocycles. The number of amides is 1. The predicted molar refractivity (Wildman–Crippen MR) is 69.1 cm³/mol. The smallest absolute Gasteiger partial charge is 0.224 e. The molecule has 0 saturated carbocycles. The summed E-state index contributed by atoms with van der Waals surface area (Å²) < 4.78 is 5.36. The minimum atomic E-state index is 0.0205. The van der Waals surface area contributed by atoms with Crippen LogP contribution in [0, 0.1) is 0 Å². The molecule has 0 aliphatic carbocycles. The molecule has 1 aromatic rings. The van der Waals surface area contributed by atoms with Gasteiger partial charge < -0.3 is 15.8 Å². The Morgan fingerprint density at radius 3 is 2.94 bits per heavy atom. The van der Waals surface area contributed by atoms with E-state index in [2.05, 4.69) is 5.32 Å². The van der Waals surface area contributed by atoms with Crippen molar-refractivity contribution >= 4 is 11.6 Å². The van der Waals surface area contributed by atoms with Crippen LogP contribution in [0.1, 0.15) is 26.2 Å². The molecule has 0 heterocycles. The van der Waals surface area contributed by atoms with E-state index in [1.165, 1.54) is 0 Å². The van der Waals surface area contributed by atoms with Gasteiger partial charge in [0.15, 0.2) is 0 Å². The third kappa shape index (κ3) is 5.36. The van der Waals surface area contributed by atoms with E-state index in [1.54, 1.807) is 0 Å². The van der Waals surface area contributed by atoms with Crippen LogP contribution >= 0.6 is 0 Å². The van der Waals surface area contributed by atoms with Gasteiger partial charge in [0.1, 0.15) is 5.75 Å². The van der Waals surface area contributed by atoms with E-state index in [0.717, 1.165) is 24.3 Å². The SMILES string of the molecule is CCOc1cccc(NC(=O)CCCCN)c1. The predicted octanol–water partition coefficient (Wildman–Crippen LogP) is 2.15. The topological polar surface area (TPSA) is 64.3 Å². The summed E-state index contributed by atoms with van der Waals surface area (Å²) >= 11 is 0. The number of nitrogens with two attached hydrogens (primary N) is 1. The van der Waals surface area contributed by atoms with Crippen molar-refractivity contribution in [1.29, 1.82) is 0 Å². The van der Waals surface area contributed by atoms with E-state index in [0.29, 0.717) is 19.6 Å². The van der Waals surface area contributed by atoms with Gasteiger partial charge in [0.2, 0.25) is 5.91 Å². The molecule has 1 amide bonds. The summed E-state index contributed by atoms with van der Waals surface area (Å²) in [6.07, 6.45) is 2.22. The third-order valence-electron chi connectivity index (χ3n) is 2.29. The van der Waals surface area contributed by atoms with Crippen molar-refractivity contribution in [3.05, 3.63) is 24.3 Å². The summed E-state index contributed by atoms with van der Waals surface area (Å²) in [6, 6.07) is 7.40. The summed E-state index contributed by atoms with van der Waals surface area (Å²) in [4.78, 5) is 11.6. The number of benzene rings is 1. The molecule has 0 aliphatic rings. The Morgan fingerprint density at radius 1 is 1.41 bits per heavy atom. The van der Waals surface area contributed by atoms with Gasteiger partial charge in [-0.3, -0.25) is 4.79 Å². The molecule has 0 radical (unpaired) electrons. The summed E-state index contributed by atoms with van der Waals surface area (Å²) in [5.41, 5.74) is 6.14. The molecule has 0 bridgehead atoms. The molecular formula is C13H20N2O2. The first-order valence-electron chi connectivity index (χ1n) is 5.99. The molecule has 0 unspecified atom stereocenters. The molecule has 0 aromatic heterocycles. The van der Waals surface area contributed by atoms with Gasteiger partial charge in [0.25, 0.3) is 0 Å². The van der Waals surface area contributed by atoms with Gasteiger partial charge in [-0.15, -0.1) is 0 Å². The zero-order valence-electron chi connectivity index (χ0n) is 10.2. The highest BCUT2D eigenvalue weighted by molar-refractivity contribution is 5.90. The van der Waals surface area contributed by atoms with Crippen LogP contribution in [0.5, 0.6) is 5.75 Å². The molecule has 3 N–H and O–H groups in total. The van der Waals surface area contributed by atoms with Gasteiger partial charge in [-0.25, -0.2) is 0 Å². The molecule has 0 spiro atoms. The number of hydrogen-bond donors (Lipinski definition) is 2. The second-order valence-corrected chi connectivity index (χ2v) is 3.75. The van der Waals surface area contributed by atoms with Crippen LogP contribution in [-0.4, -0.2) is 19.1 Å². The Kier molecular flexibility index (Phi) is 6.10. The van der Waals surface area contributed by atoms with Crippen molar-refractivity contribution in [2.45, 2.75) is 26.2 Å². The lowest BCUT2D eigenvalue weighted by molar-refractivity contribution is -0.116. The summed E-state index contributed by atoms with van der Waals surface area (Å²) in [6.45, 7) is 3.18. The van der Waals surface area contributed by atoms with E-state index in [1.807, 2.05) is 31.2 Å². The van der Waals surface area contributed by atoms with E-state index in [9.17, 15) is 4.79 Å². The van der Waals surface area contributed by atoms with Crippen LogP contribution in [0.4, 0.5) is 5.69 Å². The minimum absolute atomic E-state index is 0.0205. The molecule has 0 fully saturated rings. The second kappa shape index (κ2) is 7.68. The van der Waals surface area contributed by atoms with Gasteiger partial charge in [-0.2, -0.15) is 0 Å². The van der Waals surface area contributed by atoms with E-state index >= 15 is 0 Å². The minimum Gasteiger partial charge on any atom is -0.494 e. The first-order valence-corrected chi connectivity index (χ1v) is 5.99. The average molecular weight is 236 g/mol. The van der Waals surface area contributed by atoms with Crippen LogP contribution in [0.25, 0.3) is 0 Å². The fourth-order valence-electron chi connectivity index (χ4n) is 1.48. The van der Waals surface area contributed by atoms with Crippen molar-refractivity contribution in [2.75, 3.05) is 18.5 Å². The van der Waals surface area contributed by atoms with Crippen molar-refractivity contribution in [1.82, 2.24) is 0 Å². The van der Waals surface area contributed by atoms with Crippen molar-refractivity contribution in [2.24, 2.45) is 5.73 Å². The van der Waals surface area contributed by atoms with Crippen molar-refractivity contribution in [3.8, 4) is 5.75 Å².